The molecule has 1 aromatic heterocycles. The van der Waals surface area contributed by atoms with Gasteiger partial charge in [0.15, 0.2) is 0 Å². The predicted molar refractivity (Wildman–Crippen MR) is 102 cm³/mol. The van der Waals surface area contributed by atoms with Gasteiger partial charge in [-0.3, -0.25) is 4.79 Å². The maximum atomic E-state index is 12.8. The molecule has 0 saturated carbocycles. The second kappa shape index (κ2) is 8.14. The summed E-state index contributed by atoms with van der Waals surface area (Å²) in [6, 6.07) is 10.2. The van der Waals surface area contributed by atoms with Crippen molar-refractivity contribution in [2.24, 2.45) is 0 Å². The van der Waals surface area contributed by atoms with E-state index < -0.39 is 21.8 Å². The summed E-state index contributed by atoms with van der Waals surface area (Å²) < 4.78 is 66.7. The van der Waals surface area contributed by atoms with Gasteiger partial charge in [0, 0.05) is 12.6 Å². The van der Waals surface area contributed by atoms with Gasteiger partial charge in [0.1, 0.15) is 6.33 Å². The summed E-state index contributed by atoms with van der Waals surface area (Å²) >= 11 is 0. The fourth-order valence-electron chi connectivity index (χ4n) is 2.55. The molecule has 0 saturated heterocycles. The highest BCUT2D eigenvalue weighted by atomic mass is 32.2. The Balaban J connectivity index is 1.71. The number of hydrogen-bond donors (Lipinski definition) is 2. The van der Waals surface area contributed by atoms with E-state index in [0.29, 0.717) is 11.3 Å². The normalized spacial score (nSPS) is 11.9. The van der Waals surface area contributed by atoms with Crippen LogP contribution < -0.4 is 10.0 Å². The largest absolute Gasteiger partial charge is 0.416 e. The third kappa shape index (κ3) is 5.35. The number of rotatable bonds is 6. The van der Waals surface area contributed by atoms with E-state index in [2.05, 4.69) is 20.1 Å². The van der Waals surface area contributed by atoms with Gasteiger partial charge in [0.25, 0.3) is 16.0 Å². The fraction of sp³-hybridized carbons (Fsp3) is 0.167. The van der Waals surface area contributed by atoms with E-state index in [1.165, 1.54) is 54.3 Å². The molecule has 0 aliphatic heterocycles. The lowest BCUT2D eigenvalue weighted by Gasteiger charge is -2.08. The smallest absolute Gasteiger partial charge is 0.326 e. The molecule has 0 aliphatic carbocycles. The number of sulfonamides is 1. The Labute approximate surface area is 169 Å². The van der Waals surface area contributed by atoms with Crippen LogP contribution in [-0.4, -0.2) is 29.1 Å². The first kappa shape index (κ1) is 21.3. The number of nitrogens with one attached hydrogen (secondary N) is 2. The summed E-state index contributed by atoms with van der Waals surface area (Å²) in [7, 11) is -3.99. The van der Waals surface area contributed by atoms with E-state index in [1.54, 1.807) is 0 Å². The summed E-state index contributed by atoms with van der Waals surface area (Å²) in [6.07, 6.45) is -3.26. The number of anilines is 2. The van der Waals surface area contributed by atoms with Crippen molar-refractivity contribution in [3.63, 3.8) is 0 Å². The molecule has 0 unspecified atom stereocenters. The summed E-state index contributed by atoms with van der Waals surface area (Å²) in [4.78, 5) is 14.8. The third-order valence-electron chi connectivity index (χ3n) is 3.85. The minimum atomic E-state index is -4.46. The summed E-state index contributed by atoms with van der Waals surface area (Å²) in [5.74, 6) is -0.521. The molecular weight excluding hydrogens is 423 g/mol. The summed E-state index contributed by atoms with van der Waals surface area (Å²) in [5.41, 5.74) is -0.0219. The molecule has 30 heavy (non-hydrogen) atoms. The Morgan fingerprint density at radius 1 is 1.13 bits per heavy atom. The Bertz CT molecular complexity index is 1160. The molecular formula is C18H16F3N5O3S. The second-order valence-electron chi connectivity index (χ2n) is 6.27. The van der Waals surface area contributed by atoms with Gasteiger partial charge in [-0.1, -0.05) is 12.1 Å². The fourth-order valence-corrected chi connectivity index (χ4v) is 3.50. The zero-order valence-corrected chi connectivity index (χ0v) is 16.3. The Hall–Kier alpha value is -3.41. The number of carbonyl (C=O) groups excluding carboxylic acids is 1. The number of hydrogen-bond acceptors (Lipinski definition) is 5. The van der Waals surface area contributed by atoms with Crippen molar-refractivity contribution in [2.75, 3.05) is 10.0 Å². The van der Waals surface area contributed by atoms with Gasteiger partial charge < -0.3 is 5.32 Å². The topological polar surface area (TPSA) is 106 Å². The van der Waals surface area contributed by atoms with E-state index in [4.69, 9.17) is 0 Å². The number of halogens is 3. The van der Waals surface area contributed by atoms with E-state index in [9.17, 15) is 26.4 Å². The number of alkyl halides is 3. The molecule has 3 aromatic rings. The van der Waals surface area contributed by atoms with Crippen LogP contribution in [0.5, 0.6) is 0 Å². The van der Waals surface area contributed by atoms with Gasteiger partial charge in [-0.15, -0.1) is 5.10 Å². The van der Waals surface area contributed by atoms with Crippen LogP contribution >= 0.6 is 0 Å². The molecule has 1 heterocycles. The van der Waals surface area contributed by atoms with Crippen molar-refractivity contribution in [3.8, 4) is 0 Å². The van der Waals surface area contributed by atoms with Gasteiger partial charge in [-0.25, -0.2) is 17.8 Å². The minimum Gasteiger partial charge on any atom is -0.326 e. The summed E-state index contributed by atoms with van der Waals surface area (Å²) in [6.45, 7) is 1.30. The zero-order valence-electron chi connectivity index (χ0n) is 15.5. The van der Waals surface area contributed by atoms with Crippen molar-refractivity contribution >= 4 is 27.6 Å². The molecule has 12 heteroatoms. The van der Waals surface area contributed by atoms with Crippen LogP contribution in [0, 0.1) is 0 Å². The number of benzene rings is 2. The highest BCUT2D eigenvalue weighted by Crippen LogP contribution is 2.29. The number of aromatic nitrogens is 3. The van der Waals surface area contributed by atoms with E-state index in [-0.39, 0.29) is 23.3 Å². The van der Waals surface area contributed by atoms with Crippen LogP contribution in [0.1, 0.15) is 18.1 Å². The lowest BCUT2D eigenvalue weighted by Crippen LogP contribution is -2.14. The summed E-state index contributed by atoms with van der Waals surface area (Å²) in [5, 5.41) is 6.46. The van der Waals surface area contributed by atoms with Crippen LogP contribution in [0.15, 0.2) is 59.8 Å². The molecule has 0 radical (unpaired) electrons. The average molecular weight is 439 g/mol. The van der Waals surface area contributed by atoms with Crippen LogP contribution in [0.2, 0.25) is 0 Å². The quantitative estimate of drug-likeness (QED) is 0.614. The van der Waals surface area contributed by atoms with E-state index >= 15 is 0 Å². The molecule has 1 amide bonds. The Morgan fingerprint density at radius 2 is 1.83 bits per heavy atom. The van der Waals surface area contributed by atoms with Crippen LogP contribution in [0.3, 0.4) is 0 Å². The first-order valence-corrected chi connectivity index (χ1v) is 9.97. The number of carbonyl (C=O) groups is 1. The van der Waals surface area contributed by atoms with Crippen molar-refractivity contribution < 1.29 is 26.4 Å². The molecule has 2 N–H and O–H groups in total. The van der Waals surface area contributed by atoms with Crippen molar-refractivity contribution in [3.05, 3.63) is 66.0 Å². The first-order valence-electron chi connectivity index (χ1n) is 8.49. The highest BCUT2D eigenvalue weighted by Gasteiger charge is 2.30. The number of nitrogens with zero attached hydrogens (tertiary/aromatic N) is 3. The molecule has 0 bridgehead atoms. The SMILES string of the molecule is CC(=O)Nc1ccc(S(=O)(=O)Nc2ncn(Cc3cccc(C(F)(F)F)c3)n2)cc1. The highest BCUT2D eigenvalue weighted by molar-refractivity contribution is 7.92. The van der Waals surface area contributed by atoms with Gasteiger partial charge in [0.05, 0.1) is 17.0 Å². The molecule has 158 valence electrons. The molecule has 0 fully saturated rings. The second-order valence-corrected chi connectivity index (χ2v) is 7.96. The van der Waals surface area contributed by atoms with Crippen LogP contribution in [0.25, 0.3) is 0 Å². The first-order chi connectivity index (χ1) is 14.0. The van der Waals surface area contributed by atoms with Gasteiger partial charge in [-0.05, 0) is 42.0 Å². The predicted octanol–water partition coefficient (Wildman–Crippen LogP) is 3.10. The Kier molecular flexibility index (Phi) is 5.78. The lowest BCUT2D eigenvalue weighted by atomic mass is 10.1. The molecule has 2 aromatic carbocycles. The average Bonchev–Trinajstić information content (AvgIpc) is 3.07. The third-order valence-corrected chi connectivity index (χ3v) is 5.19. The maximum absolute atomic E-state index is 12.8. The molecule has 0 aliphatic rings. The minimum absolute atomic E-state index is 0.0237. The van der Waals surface area contributed by atoms with Crippen LogP contribution in [-0.2, 0) is 27.5 Å². The molecule has 8 nitrogen and oxygen atoms in total. The molecule has 3 rings (SSSR count). The standard InChI is InChI=1S/C18H16F3N5O3S/c1-12(27)23-15-5-7-16(8-6-15)30(28,29)25-17-22-11-26(24-17)10-13-3-2-4-14(9-13)18(19,20)21/h2-9,11H,10H2,1H3,(H,23,27)(H,24,25). The van der Waals surface area contributed by atoms with Gasteiger partial charge in [-0.2, -0.15) is 18.2 Å². The van der Waals surface area contributed by atoms with Crippen molar-refractivity contribution in [1.82, 2.24) is 14.8 Å². The van der Waals surface area contributed by atoms with Gasteiger partial charge >= 0.3 is 6.18 Å². The lowest BCUT2D eigenvalue weighted by molar-refractivity contribution is -0.137. The zero-order chi connectivity index (χ0) is 21.9. The van der Waals surface area contributed by atoms with Gasteiger partial charge in [0.2, 0.25) is 5.91 Å². The van der Waals surface area contributed by atoms with Crippen molar-refractivity contribution in [2.45, 2.75) is 24.5 Å². The van der Waals surface area contributed by atoms with E-state index in [0.717, 1.165) is 12.1 Å². The number of amides is 1. The maximum Gasteiger partial charge on any atom is 0.416 e. The molecule has 0 atom stereocenters. The Morgan fingerprint density at radius 3 is 2.47 bits per heavy atom. The molecule has 0 spiro atoms. The van der Waals surface area contributed by atoms with Crippen molar-refractivity contribution in [1.29, 1.82) is 0 Å². The van der Waals surface area contributed by atoms with E-state index in [1.807, 2.05) is 0 Å². The monoisotopic (exact) mass is 439 g/mol. The van der Waals surface area contributed by atoms with Crippen LogP contribution in [0.4, 0.5) is 24.8 Å².